The first kappa shape index (κ1) is 13.8. The molecule has 20 heavy (non-hydrogen) atoms. The number of hydrazone groups is 1. The highest BCUT2D eigenvalue weighted by Crippen LogP contribution is 2.25. The molecule has 0 fully saturated rings. The normalized spacial score (nSPS) is 11.1. The van der Waals surface area contributed by atoms with Crippen LogP contribution >= 0.6 is 12.2 Å². The standard InChI is InChI=1S/C14H13N3O2S/c15-14(20)17-16-13(9-4-2-1-3-5-9)11-7-6-10(18)8-12(11)19/h1-8,18-19H,(H3,15,17,20). The van der Waals surface area contributed by atoms with Gasteiger partial charge in [-0.25, -0.2) is 0 Å². The number of phenolic OH excluding ortho intramolecular Hbond substituents is 2. The molecule has 0 amide bonds. The van der Waals surface area contributed by atoms with Gasteiger partial charge in [-0.1, -0.05) is 30.3 Å². The molecule has 0 aliphatic carbocycles. The van der Waals surface area contributed by atoms with Gasteiger partial charge in [0.25, 0.3) is 0 Å². The van der Waals surface area contributed by atoms with Crippen LogP contribution in [0.4, 0.5) is 0 Å². The van der Waals surface area contributed by atoms with E-state index in [9.17, 15) is 10.2 Å². The maximum atomic E-state index is 9.96. The first-order valence-electron chi connectivity index (χ1n) is 5.79. The molecule has 0 aliphatic rings. The van der Waals surface area contributed by atoms with Crippen molar-refractivity contribution in [2.24, 2.45) is 10.8 Å². The highest BCUT2D eigenvalue weighted by Gasteiger charge is 2.12. The Balaban J connectivity index is 2.52. The van der Waals surface area contributed by atoms with Crippen molar-refractivity contribution in [2.45, 2.75) is 0 Å². The van der Waals surface area contributed by atoms with Crippen molar-refractivity contribution in [3.63, 3.8) is 0 Å². The predicted molar refractivity (Wildman–Crippen MR) is 81.8 cm³/mol. The lowest BCUT2D eigenvalue weighted by atomic mass is 10.0. The topological polar surface area (TPSA) is 90.9 Å². The van der Waals surface area contributed by atoms with E-state index in [4.69, 9.17) is 18.0 Å². The zero-order valence-corrected chi connectivity index (χ0v) is 11.3. The average Bonchev–Trinajstić information content (AvgIpc) is 2.42. The number of rotatable bonds is 3. The average molecular weight is 287 g/mol. The lowest BCUT2D eigenvalue weighted by molar-refractivity contribution is 0.450. The molecule has 0 aromatic heterocycles. The number of nitrogens with zero attached hydrogens (tertiary/aromatic N) is 1. The summed E-state index contributed by atoms with van der Waals surface area (Å²) in [6, 6.07) is 13.5. The Hall–Kier alpha value is -2.60. The maximum absolute atomic E-state index is 9.96. The van der Waals surface area contributed by atoms with E-state index in [1.165, 1.54) is 12.1 Å². The fourth-order valence-corrected chi connectivity index (χ4v) is 1.75. The third-order valence-corrected chi connectivity index (χ3v) is 2.65. The van der Waals surface area contributed by atoms with Crippen LogP contribution < -0.4 is 11.2 Å². The van der Waals surface area contributed by atoms with Crippen LogP contribution in [0.2, 0.25) is 0 Å². The van der Waals surface area contributed by atoms with Crippen LogP contribution in [-0.2, 0) is 0 Å². The third-order valence-electron chi connectivity index (χ3n) is 2.56. The fourth-order valence-electron chi connectivity index (χ4n) is 1.71. The summed E-state index contributed by atoms with van der Waals surface area (Å²) < 4.78 is 0. The van der Waals surface area contributed by atoms with Crippen LogP contribution in [-0.4, -0.2) is 21.0 Å². The minimum Gasteiger partial charge on any atom is -0.508 e. The number of aromatic hydroxyl groups is 2. The number of phenols is 2. The van der Waals surface area contributed by atoms with Gasteiger partial charge in [-0.3, -0.25) is 5.43 Å². The highest BCUT2D eigenvalue weighted by atomic mass is 32.1. The van der Waals surface area contributed by atoms with Crippen molar-refractivity contribution in [2.75, 3.05) is 0 Å². The summed E-state index contributed by atoms with van der Waals surface area (Å²) in [5.74, 6) is -0.113. The van der Waals surface area contributed by atoms with Gasteiger partial charge in [-0.2, -0.15) is 5.10 Å². The molecule has 0 saturated carbocycles. The zero-order chi connectivity index (χ0) is 14.5. The van der Waals surface area contributed by atoms with Crippen molar-refractivity contribution < 1.29 is 10.2 Å². The third kappa shape index (κ3) is 3.24. The Morgan fingerprint density at radius 3 is 2.40 bits per heavy atom. The summed E-state index contributed by atoms with van der Waals surface area (Å²) in [5, 5.41) is 23.4. The zero-order valence-electron chi connectivity index (χ0n) is 10.4. The molecule has 0 radical (unpaired) electrons. The molecule has 2 rings (SSSR count). The van der Waals surface area contributed by atoms with E-state index in [-0.39, 0.29) is 16.6 Å². The van der Waals surface area contributed by atoms with Crippen LogP contribution in [0.3, 0.4) is 0 Å². The summed E-state index contributed by atoms with van der Waals surface area (Å²) >= 11 is 4.72. The number of thiocarbonyl (C=S) groups is 1. The van der Waals surface area contributed by atoms with E-state index in [0.717, 1.165) is 5.56 Å². The van der Waals surface area contributed by atoms with Gasteiger partial charge in [0.2, 0.25) is 0 Å². The van der Waals surface area contributed by atoms with E-state index in [1.54, 1.807) is 6.07 Å². The fraction of sp³-hybridized carbons (Fsp3) is 0. The van der Waals surface area contributed by atoms with Gasteiger partial charge < -0.3 is 15.9 Å². The van der Waals surface area contributed by atoms with E-state index in [1.807, 2.05) is 30.3 Å². The van der Waals surface area contributed by atoms with E-state index in [2.05, 4.69) is 10.5 Å². The Kier molecular flexibility index (Phi) is 4.17. The Bertz CT molecular complexity index is 657. The Morgan fingerprint density at radius 1 is 1.10 bits per heavy atom. The Morgan fingerprint density at radius 2 is 1.80 bits per heavy atom. The number of nitrogens with one attached hydrogen (secondary N) is 1. The molecule has 0 spiro atoms. The summed E-state index contributed by atoms with van der Waals surface area (Å²) in [6.07, 6.45) is 0. The van der Waals surface area contributed by atoms with Crippen molar-refractivity contribution >= 4 is 23.0 Å². The summed E-state index contributed by atoms with van der Waals surface area (Å²) in [5.41, 5.74) is 9.58. The first-order chi connectivity index (χ1) is 9.58. The highest BCUT2D eigenvalue weighted by molar-refractivity contribution is 7.80. The predicted octanol–water partition coefficient (Wildman–Crippen LogP) is 1.68. The molecule has 5 nitrogen and oxygen atoms in total. The molecule has 0 atom stereocenters. The molecule has 0 unspecified atom stereocenters. The number of benzene rings is 2. The molecule has 0 saturated heterocycles. The van der Waals surface area contributed by atoms with E-state index < -0.39 is 0 Å². The van der Waals surface area contributed by atoms with Crippen LogP contribution in [0.15, 0.2) is 53.6 Å². The minimum absolute atomic E-state index is 0.0247. The molecule has 5 N–H and O–H groups in total. The van der Waals surface area contributed by atoms with Gasteiger partial charge in [-0.15, -0.1) is 0 Å². The van der Waals surface area contributed by atoms with E-state index >= 15 is 0 Å². The summed E-state index contributed by atoms with van der Waals surface area (Å²) in [4.78, 5) is 0. The molecule has 0 bridgehead atoms. The van der Waals surface area contributed by atoms with Gasteiger partial charge in [0, 0.05) is 17.2 Å². The van der Waals surface area contributed by atoms with Crippen LogP contribution in [0, 0.1) is 0 Å². The molecule has 0 heterocycles. The molecular weight excluding hydrogens is 274 g/mol. The number of nitrogens with two attached hydrogens (primary N) is 1. The van der Waals surface area contributed by atoms with Crippen LogP contribution in [0.5, 0.6) is 11.5 Å². The quantitative estimate of drug-likeness (QED) is 0.392. The second-order valence-electron chi connectivity index (χ2n) is 4.00. The maximum Gasteiger partial charge on any atom is 0.184 e. The summed E-state index contributed by atoms with van der Waals surface area (Å²) in [7, 11) is 0. The molecular formula is C14H13N3O2S. The Labute approximate surface area is 121 Å². The van der Waals surface area contributed by atoms with Gasteiger partial charge in [0.1, 0.15) is 17.2 Å². The van der Waals surface area contributed by atoms with Gasteiger partial charge in [-0.05, 0) is 24.4 Å². The molecule has 6 heteroatoms. The van der Waals surface area contributed by atoms with Crippen molar-refractivity contribution in [3.05, 3.63) is 59.7 Å². The van der Waals surface area contributed by atoms with Gasteiger partial charge >= 0.3 is 0 Å². The second-order valence-corrected chi connectivity index (χ2v) is 4.44. The van der Waals surface area contributed by atoms with Crippen molar-refractivity contribution in [1.29, 1.82) is 0 Å². The molecule has 2 aromatic carbocycles. The van der Waals surface area contributed by atoms with Crippen LogP contribution in [0.1, 0.15) is 11.1 Å². The largest absolute Gasteiger partial charge is 0.508 e. The van der Waals surface area contributed by atoms with Crippen molar-refractivity contribution in [3.8, 4) is 11.5 Å². The van der Waals surface area contributed by atoms with Crippen molar-refractivity contribution in [1.82, 2.24) is 5.43 Å². The van der Waals surface area contributed by atoms with Gasteiger partial charge in [0.15, 0.2) is 5.11 Å². The van der Waals surface area contributed by atoms with E-state index in [0.29, 0.717) is 11.3 Å². The number of hydrogen-bond donors (Lipinski definition) is 4. The lowest BCUT2D eigenvalue weighted by Crippen LogP contribution is -2.26. The lowest BCUT2D eigenvalue weighted by Gasteiger charge is -2.10. The van der Waals surface area contributed by atoms with Gasteiger partial charge in [0.05, 0.1) is 0 Å². The minimum atomic E-state index is -0.0858. The van der Waals surface area contributed by atoms with Crippen LogP contribution in [0.25, 0.3) is 0 Å². The monoisotopic (exact) mass is 287 g/mol. The first-order valence-corrected chi connectivity index (χ1v) is 6.19. The SMILES string of the molecule is NC(=S)NN=C(c1ccccc1)c1ccc(O)cc1O. The molecule has 2 aromatic rings. The smallest absolute Gasteiger partial charge is 0.184 e. The molecule has 0 aliphatic heterocycles. The second kappa shape index (κ2) is 6.03. The molecule has 102 valence electrons. The number of hydrogen-bond acceptors (Lipinski definition) is 4. The summed E-state index contributed by atoms with van der Waals surface area (Å²) in [6.45, 7) is 0.